The fourth-order valence-electron chi connectivity index (χ4n) is 0.908. The van der Waals surface area contributed by atoms with Gasteiger partial charge in [-0.25, -0.2) is 0 Å². The van der Waals surface area contributed by atoms with Crippen molar-refractivity contribution >= 4 is 11.8 Å². The van der Waals surface area contributed by atoms with Crippen molar-refractivity contribution in [1.82, 2.24) is 0 Å². The maximum Gasteiger partial charge on any atom is 0.271 e. The number of hydrogen-bond acceptors (Lipinski definition) is 4. The van der Waals surface area contributed by atoms with Crippen LogP contribution in [-0.4, -0.2) is 11.8 Å². The highest BCUT2D eigenvalue weighted by molar-refractivity contribution is 5.87. The van der Waals surface area contributed by atoms with E-state index >= 15 is 0 Å². The Labute approximate surface area is 106 Å². The fourth-order valence-corrected chi connectivity index (χ4v) is 0.908. The van der Waals surface area contributed by atoms with Crippen molar-refractivity contribution in [3.63, 3.8) is 0 Å². The quantitative estimate of drug-likeness (QED) is 0.711. The van der Waals surface area contributed by atoms with E-state index in [9.17, 15) is 9.59 Å². The Kier molecular flexibility index (Phi) is 5.32. The molecule has 0 aromatic heterocycles. The zero-order valence-electron chi connectivity index (χ0n) is 11.0. The van der Waals surface area contributed by atoms with Crippen molar-refractivity contribution < 1.29 is 9.59 Å². The molecule has 0 aliphatic heterocycles. The summed E-state index contributed by atoms with van der Waals surface area (Å²) < 4.78 is 0. The highest BCUT2D eigenvalue weighted by Gasteiger charge is 2.30. The van der Waals surface area contributed by atoms with E-state index < -0.39 is 22.6 Å². The second-order valence-electron chi connectivity index (χ2n) is 5.25. The van der Waals surface area contributed by atoms with E-state index in [0.29, 0.717) is 0 Å². The summed E-state index contributed by atoms with van der Waals surface area (Å²) in [5.74, 6) is -1.24. The van der Waals surface area contributed by atoms with Crippen LogP contribution >= 0.6 is 0 Å². The van der Waals surface area contributed by atoms with E-state index in [4.69, 9.17) is 10.5 Å². The molecule has 6 nitrogen and oxygen atoms in total. The molecule has 0 N–H and O–H groups in total. The van der Waals surface area contributed by atoms with Gasteiger partial charge in [0.1, 0.15) is 0 Å². The Morgan fingerprint density at radius 3 is 1.39 bits per heavy atom. The van der Waals surface area contributed by atoms with Crippen LogP contribution in [0.25, 0.3) is 0 Å². The van der Waals surface area contributed by atoms with Crippen LogP contribution in [0.2, 0.25) is 0 Å². The van der Waals surface area contributed by atoms with E-state index in [1.165, 1.54) is 0 Å². The lowest BCUT2D eigenvalue weighted by Gasteiger charge is -2.16. The molecule has 0 atom stereocenters. The van der Waals surface area contributed by atoms with Gasteiger partial charge in [-0.2, -0.15) is 10.5 Å². The molecule has 0 unspecified atom stereocenters. The molecule has 0 aliphatic carbocycles. The maximum atomic E-state index is 11.6. The Hall–Kier alpha value is -2.08. The first-order valence-electron chi connectivity index (χ1n) is 5.42. The van der Waals surface area contributed by atoms with Crippen LogP contribution in [0.3, 0.4) is 0 Å². The van der Waals surface area contributed by atoms with Crippen LogP contribution in [0.5, 0.6) is 0 Å². The highest BCUT2D eigenvalue weighted by Crippen LogP contribution is 2.24. The summed E-state index contributed by atoms with van der Waals surface area (Å²) in [5.41, 5.74) is -1.92. The van der Waals surface area contributed by atoms with Crippen LogP contribution in [-0.2, 0) is 9.59 Å². The van der Waals surface area contributed by atoms with E-state index in [1.54, 1.807) is 27.7 Å². The van der Waals surface area contributed by atoms with Gasteiger partial charge < -0.3 is 0 Å². The molecule has 0 heterocycles. The van der Waals surface area contributed by atoms with Crippen LogP contribution in [0.1, 0.15) is 40.5 Å². The predicted octanol–water partition coefficient (Wildman–Crippen LogP) is 2.37. The summed E-state index contributed by atoms with van der Waals surface area (Å²) in [6.45, 7) is 6.23. The Morgan fingerprint density at radius 2 is 1.17 bits per heavy atom. The van der Waals surface area contributed by atoms with Gasteiger partial charge in [-0.05, 0) is 27.7 Å². The van der Waals surface area contributed by atoms with E-state index in [0.717, 1.165) is 0 Å². The Morgan fingerprint density at radius 1 is 0.889 bits per heavy atom. The molecule has 18 heavy (non-hydrogen) atoms. The molecule has 0 aromatic carbocycles. The van der Waals surface area contributed by atoms with E-state index in [2.05, 4.69) is 10.2 Å². The van der Waals surface area contributed by atoms with Gasteiger partial charge in [-0.15, -0.1) is 10.2 Å². The zero-order valence-corrected chi connectivity index (χ0v) is 11.0. The summed E-state index contributed by atoms with van der Waals surface area (Å²) in [4.78, 5) is 23.2. The fraction of sp³-hybridized carbons (Fsp3) is 0.667. The van der Waals surface area contributed by atoms with Gasteiger partial charge in [-0.3, -0.25) is 9.59 Å². The smallest absolute Gasteiger partial charge is 0.270 e. The summed E-state index contributed by atoms with van der Waals surface area (Å²) in [5, 5.41) is 23.8. The van der Waals surface area contributed by atoms with Crippen LogP contribution < -0.4 is 0 Å². The lowest BCUT2D eigenvalue weighted by atomic mass is 9.89. The van der Waals surface area contributed by atoms with E-state index in [-0.39, 0.29) is 12.8 Å². The number of carbonyl (C=O) groups is 2. The number of rotatable bonds is 4. The van der Waals surface area contributed by atoms with Crippen LogP contribution in [0.15, 0.2) is 10.2 Å². The van der Waals surface area contributed by atoms with Crippen molar-refractivity contribution in [3.05, 3.63) is 0 Å². The Balaban J connectivity index is 4.79. The highest BCUT2D eigenvalue weighted by atomic mass is 16.2. The van der Waals surface area contributed by atoms with Crippen LogP contribution in [0.4, 0.5) is 0 Å². The lowest BCUT2D eigenvalue weighted by Crippen LogP contribution is -2.24. The number of nitrogens with zero attached hydrogens (tertiary/aromatic N) is 4. The first-order chi connectivity index (χ1) is 8.17. The third-order valence-electron chi connectivity index (χ3n) is 2.43. The third-order valence-corrected chi connectivity index (χ3v) is 2.43. The SMILES string of the molecule is CC(C)(CC#N)C(=O)N=NC(=O)C(C)(C)CC#N. The monoisotopic (exact) mass is 248 g/mol. The molecule has 0 saturated carbocycles. The van der Waals surface area contributed by atoms with Crippen molar-refractivity contribution in [1.29, 1.82) is 10.5 Å². The standard InChI is InChI=1S/C12H16N4O2/c1-11(2,5-7-13)9(17)15-16-10(18)12(3,4)6-8-14/h5-6H2,1-4H3. The molecule has 0 spiro atoms. The first kappa shape index (κ1) is 15.9. The van der Waals surface area contributed by atoms with Crippen molar-refractivity contribution in [2.45, 2.75) is 40.5 Å². The molecule has 0 radical (unpaired) electrons. The second kappa shape index (κ2) is 6.02. The van der Waals surface area contributed by atoms with Crippen molar-refractivity contribution in [3.8, 4) is 12.1 Å². The molecule has 6 heteroatoms. The molecule has 0 fully saturated rings. The first-order valence-corrected chi connectivity index (χ1v) is 5.42. The summed E-state index contributed by atoms with van der Waals surface area (Å²) in [7, 11) is 0. The number of nitriles is 2. The van der Waals surface area contributed by atoms with Gasteiger partial charge in [0.25, 0.3) is 11.8 Å². The number of hydrogen-bond donors (Lipinski definition) is 0. The molecule has 0 saturated heterocycles. The Bertz CT molecular complexity index is 408. The number of amides is 2. The van der Waals surface area contributed by atoms with Crippen LogP contribution in [0, 0.1) is 33.5 Å². The molecule has 0 aliphatic rings. The molecule has 2 amide bonds. The molecule has 0 bridgehead atoms. The van der Waals surface area contributed by atoms with Gasteiger partial charge in [0, 0.05) is 12.8 Å². The molecule has 0 aromatic rings. The normalized spacial score (nSPS) is 11.9. The number of azo groups is 1. The van der Waals surface area contributed by atoms with Gasteiger partial charge >= 0.3 is 0 Å². The minimum atomic E-state index is -0.960. The average molecular weight is 248 g/mol. The van der Waals surface area contributed by atoms with Crippen molar-refractivity contribution in [2.24, 2.45) is 21.1 Å². The number of carbonyl (C=O) groups excluding carboxylic acids is 2. The summed E-state index contributed by atoms with van der Waals surface area (Å²) in [6.07, 6.45) is 0.00125. The average Bonchev–Trinajstić information content (AvgIpc) is 2.24. The predicted molar refractivity (Wildman–Crippen MR) is 62.9 cm³/mol. The molecular formula is C12H16N4O2. The molecule has 0 rings (SSSR count). The zero-order chi connectivity index (χ0) is 14.4. The third kappa shape index (κ3) is 4.42. The topological polar surface area (TPSA) is 106 Å². The lowest BCUT2D eigenvalue weighted by molar-refractivity contribution is -0.130. The van der Waals surface area contributed by atoms with Gasteiger partial charge in [0.2, 0.25) is 0 Å². The van der Waals surface area contributed by atoms with Gasteiger partial charge in [0.05, 0.1) is 23.0 Å². The maximum absolute atomic E-state index is 11.6. The van der Waals surface area contributed by atoms with Gasteiger partial charge in [-0.1, -0.05) is 0 Å². The summed E-state index contributed by atoms with van der Waals surface area (Å²) in [6, 6.07) is 3.75. The van der Waals surface area contributed by atoms with E-state index in [1.807, 2.05) is 12.1 Å². The van der Waals surface area contributed by atoms with Gasteiger partial charge in [0.15, 0.2) is 0 Å². The second-order valence-corrected chi connectivity index (χ2v) is 5.25. The molecule has 96 valence electrons. The summed E-state index contributed by atoms with van der Waals surface area (Å²) >= 11 is 0. The minimum absolute atomic E-state index is 0.000627. The minimum Gasteiger partial charge on any atom is -0.270 e. The van der Waals surface area contributed by atoms with Crippen molar-refractivity contribution in [2.75, 3.05) is 0 Å². The molecular weight excluding hydrogens is 232 g/mol. The largest absolute Gasteiger partial charge is 0.271 e.